The van der Waals surface area contributed by atoms with Crippen molar-refractivity contribution in [2.45, 2.75) is 18.3 Å². The van der Waals surface area contributed by atoms with Gasteiger partial charge in [-0.15, -0.1) is 6.58 Å². The third-order valence-electron chi connectivity index (χ3n) is 3.49. The first-order chi connectivity index (χ1) is 8.74. The van der Waals surface area contributed by atoms with Crippen LogP contribution in [0.15, 0.2) is 43.0 Å². The van der Waals surface area contributed by atoms with Crippen molar-refractivity contribution in [1.29, 1.82) is 0 Å². The van der Waals surface area contributed by atoms with Gasteiger partial charge in [-0.25, -0.2) is 0 Å². The summed E-state index contributed by atoms with van der Waals surface area (Å²) in [4.78, 5) is 14.3. The van der Waals surface area contributed by atoms with Crippen molar-refractivity contribution in [3.05, 3.63) is 48.6 Å². The zero-order valence-electron chi connectivity index (χ0n) is 10.5. The van der Waals surface area contributed by atoms with E-state index in [1.54, 1.807) is 11.0 Å². The molecule has 1 saturated carbocycles. The summed E-state index contributed by atoms with van der Waals surface area (Å²) >= 11 is 0. The van der Waals surface area contributed by atoms with Gasteiger partial charge in [0, 0.05) is 13.1 Å². The molecular weight excluding hydrogens is 226 g/mol. The predicted molar refractivity (Wildman–Crippen MR) is 71.2 cm³/mol. The van der Waals surface area contributed by atoms with E-state index < -0.39 is 0 Å². The summed E-state index contributed by atoms with van der Waals surface area (Å²) < 4.78 is 0. The quantitative estimate of drug-likeness (QED) is 0.775. The molecule has 3 heteroatoms. The van der Waals surface area contributed by atoms with E-state index in [1.807, 2.05) is 30.3 Å². The molecule has 3 nitrogen and oxygen atoms in total. The minimum Gasteiger partial charge on any atom is -0.395 e. The number of rotatable bonds is 6. The summed E-state index contributed by atoms with van der Waals surface area (Å²) in [6.07, 6.45) is 3.50. The number of nitrogens with zero attached hydrogens (tertiary/aromatic N) is 1. The van der Waals surface area contributed by atoms with Crippen molar-refractivity contribution in [2.75, 3.05) is 19.7 Å². The molecule has 0 radical (unpaired) electrons. The monoisotopic (exact) mass is 245 g/mol. The fourth-order valence-corrected chi connectivity index (χ4v) is 2.36. The van der Waals surface area contributed by atoms with Crippen LogP contribution >= 0.6 is 0 Å². The van der Waals surface area contributed by atoms with E-state index in [0.29, 0.717) is 13.1 Å². The lowest BCUT2D eigenvalue weighted by molar-refractivity contribution is -0.133. The molecule has 1 amide bonds. The van der Waals surface area contributed by atoms with Gasteiger partial charge >= 0.3 is 0 Å². The molecule has 1 aliphatic carbocycles. The molecule has 0 bridgehead atoms. The predicted octanol–water partition coefficient (Wildman–Crippen LogP) is 1.73. The van der Waals surface area contributed by atoms with Crippen molar-refractivity contribution < 1.29 is 9.90 Å². The van der Waals surface area contributed by atoms with Gasteiger partial charge in [0.05, 0.1) is 12.0 Å². The lowest BCUT2D eigenvalue weighted by Crippen LogP contribution is -2.41. The second kappa shape index (κ2) is 5.36. The highest BCUT2D eigenvalue weighted by atomic mass is 16.3. The molecule has 1 aromatic rings. The summed E-state index contributed by atoms with van der Waals surface area (Å²) in [6, 6.07) is 9.91. The number of benzene rings is 1. The number of aliphatic hydroxyl groups excluding tert-OH is 1. The molecule has 1 N–H and O–H groups in total. The molecule has 0 atom stereocenters. The summed E-state index contributed by atoms with van der Waals surface area (Å²) in [5.74, 6) is 0.114. The van der Waals surface area contributed by atoms with Crippen LogP contribution in [-0.2, 0) is 10.2 Å². The summed E-state index contributed by atoms with van der Waals surface area (Å²) in [7, 11) is 0. The Hall–Kier alpha value is -1.61. The number of hydrogen-bond acceptors (Lipinski definition) is 2. The summed E-state index contributed by atoms with van der Waals surface area (Å²) in [6.45, 7) is 4.52. The van der Waals surface area contributed by atoms with E-state index in [4.69, 9.17) is 5.11 Å². The Bertz CT molecular complexity index is 423. The standard InChI is InChI=1S/C15H19NO2/c1-2-10-16(11-12-17)14(18)15(8-9-15)13-6-4-3-5-7-13/h2-7,17H,1,8-12H2. The molecule has 1 aliphatic rings. The topological polar surface area (TPSA) is 40.5 Å². The fraction of sp³-hybridized carbons (Fsp3) is 0.400. The molecule has 0 unspecified atom stereocenters. The number of hydrogen-bond donors (Lipinski definition) is 1. The van der Waals surface area contributed by atoms with Gasteiger partial charge in [-0.1, -0.05) is 36.4 Å². The van der Waals surface area contributed by atoms with Crippen LogP contribution in [0.2, 0.25) is 0 Å². The van der Waals surface area contributed by atoms with Crippen molar-refractivity contribution in [1.82, 2.24) is 4.90 Å². The van der Waals surface area contributed by atoms with Crippen LogP contribution in [0, 0.1) is 0 Å². The lowest BCUT2D eigenvalue weighted by atomic mass is 9.94. The maximum atomic E-state index is 12.6. The Morgan fingerprint density at radius 1 is 1.39 bits per heavy atom. The number of carbonyl (C=O) groups is 1. The van der Waals surface area contributed by atoms with E-state index in [2.05, 4.69) is 6.58 Å². The Morgan fingerprint density at radius 3 is 2.56 bits per heavy atom. The van der Waals surface area contributed by atoms with Gasteiger partial charge in [0.1, 0.15) is 0 Å². The third kappa shape index (κ3) is 2.31. The van der Waals surface area contributed by atoms with E-state index in [9.17, 15) is 4.79 Å². The number of amides is 1. The first-order valence-corrected chi connectivity index (χ1v) is 6.31. The zero-order chi connectivity index (χ0) is 13.0. The molecule has 0 saturated heterocycles. The SMILES string of the molecule is C=CCN(CCO)C(=O)C1(c2ccccc2)CC1. The molecule has 96 valence electrons. The Balaban J connectivity index is 2.19. The van der Waals surface area contributed by atoms with Crippen LogP contribution in [0.5, 0.6) is 0 Å². The van der Waals surface area contributed by atoms with E-state index in [1.165, 1.54) is 0 Å². The van der Waals surface area contributed by atoms with Crippen molar-refractivity contribution >= 4 is 5.91 Å². The highest BCUT2D eigenvalue weighted by molar-refractivity contribution is 5.91. The van der Waals surface area contributed by atoms with Crippen LogP contribution in [0.4, 0.5) is 0 Å². The van der Waals surface area contributed by atoms with Crippen LogP contribution < -0.4 is 0 Å². The lowest BCUT2D eigenvalue weighted by Gasteiger charge is -2.26. The number of carbonyl (C=O) groups excluding carboxylic acids is 1. The van der Waals surface area contributed by atoms with Gasteiger partial charge in [0.15, 0.2) is 0 Å². The molecule has 1 fully saturated rings. The van der Waals surface area contributed by atoms with Crippen LogP contribution in [0.1, 0.15) is 18.4 Å². The Morgan fingerprint density at radius 2 is 2.06 bits per heavy atom. The summed E-state index contributed by atoms with van der Waals surface area (Å²) in [5, 5.41) is 9.04. The molecule has 0 aromatic heterocycles. The van der Waals surface area contributed by atoms with E-state index >= 15 is 0 Å². The van der Waals surface area contributed by atoms with Gasteiger partial charge < -0.3 is 10.0 Å². The van der Waals surface area contributed by atoms with Crippen LogP contribution in [0.25, 0.3) is 0 Å². The minimum atomic E-state index is -0.348. The van der Waals surface area contributed by atoms with Gasteiger partial charge in [0.2, 0.25) is 5.91 Å². The highest BCUT2D eigenvalue weighted by Gasteiger charge is 2.52. The maximum absolute atomic E-state index is 12.6. The average molecular weight is 245 g/mol. The molecule has 2 rings (SSSR count). The molecule has 1 aromatic carbocycles. The fourth-order valence-electron chi connectivity index (χ4n) is 2.36. The van der Waals surface area contributed by atoms with Crippen molar-refractivity contribution in [2.24, 2.45) is 0 Å². The third-order valence-corrected chi connectivity index (χ3v) is 3.49. The first-order valence-electron chi connectivity index (χ1n) is 6.31. The Kier molecular flexibility index (Phi) is 3.82. The van der Waals surface area contributed by atoms with Gasteiger partial charge in [-0.3, -0.25) is 4.79 Å². The van der Waals surface area contributed by atoms with E-state index in [-0.39, 0.29) is 17.9 Å². The smallest absolute Gasteiger partial charge is 0.233 e. The van der Waals surface area contributed by atoms with Gasteiger partial charge in [0.25, 0.3) is 0 Å². The van der Waals surface area contributed by atoms with Crippen molar-refractivity contribution in [3.63, 3.8) is 0 Å². The van der Waals surface area contributed by atoms with Gasteiger partial charge in [-0.2, -0.15) is 0 Å². The summed E-state index contributed by atoms with van der Waals surface area (Å²) in [5.41, 5.74) is 0.737. The average Bonchev–Trinajstić information content (AvgIpc) is 3.20. The van der Waals surface area contributed by atoms with E-state index in [0.717, 1.165) is 18.4 Å². The largest absolute Gasteiger partial charge is 0.395 e. The molecule has 0 heterocycles. The molecule has 18 heavy (non-hydrogen) atoms. The second-order valence-corrected chi connectivity index (χ2v) is 4.71. The Labute approximate surface area is 108 Å². The van der Waals surface area contributed by atoms with Gasteiger partial charge in [-0.05, 0) is 18.4 Å². The molecule has 0 aliphatic heterocycles. The van der Waals surface area contributed by atoms with Crippen molar-refractivity contribution in [3.8, 4) is 0 Å². The van der Waals surface area contributed by atoms with Crippen LogP contribution in [0.3, 0.4) is 0 Å². The minimum absolute atomic E-state index is 0.00947. The maximum Gasteiger partial charge on any atom is 0.233 e. The molecule has 0 spiro atoms. The highest BCUT2D eigenvalue weighted by Crippen LogP contribution is 2.49. The second-order valence-electron chi connectivity index (χ2n) is 4.71. The first kappa shape index (κ1) is 12.8. The zero-order valence-corrected chi connectivity index (χ0v) is 10.5. The molecular formula is C15H19NO2. The van der Waals surface area contributed by atoms with Crippen LogP contribution in [-0.4, -0.2) is 35.6 Å². The normalized spacial score (nSPS) is 16.1. The number of aliphatic hydroxyl groups is 1.